The van der Waals surface area contributed by atoms with E-state index in [9.17, 15) is 26.3 Å². The maximum Gasteiger partial charge on any atom is 0.416 e. The van der Waals surface area contributed by atoms with Crippen LogP contribution in [0.3, 0.4) is 0 Å². The van der Waals surface area contributed by atoms with E-state index < -0.39 is 30.0 Å². The second-order valence-corrected chi connectivity index (χ2v) is 7.86. The summed E-state index contributed by atoms with van der Waals surface area (Å²) in [5.74, 6) is -0.0509. The molecule has 3 aromatic heterocycles. The van der Waals surface area contributed by atoms with Crippen molar-refractivity contribution in [1.29, 1.82) is 0 Å². The largest absolute Gasteiger partial charge is 0.416 e. The number of hydrogen-bond donors (Lipinski definition) is 1. The maximum absolute atomic E-state index is 13.3. The fourth-order valence-electron chi connectivity index (χ4n) is 3.50. The summed E-state index contributed by atoms with van der Waals surface area (Å²) in [7, 11) is 1.69. The number of fused-ring (bicyclic) bond motifs is 1. The van der Waals surface area contributed by atoms with Gasteiger partial charge in [-0.3, -0.25) is 4.68 Å². The summed E-state index contributed by atoms with van der Waals surface area (Å²) in [4.78, 5) is 5.64. The molecule has 0 saturated heterocycles. The van der Waals surface area contributed by atoms with E-state index in [0.717, 1.165) is 0 Å². The van der Waals surface area contributed by atoms with E-state index >= 15 is 0 Å². The number of H-pyrrole nitrogens is 1. The number of nitrogens with zero attached hydrogens (tertiary/aromatic N) is 7. The summed E-state index contributed by atoms with van der Waals surface area (Å²) in [5, 5.41) is 18.3. The molecule has 0 saturated carbocycles. The Kier molecular flexibility index (Phi) is 5.87. The summed E-state index contributed by atoms with van der Waals surface area (Å²) in [5.41, 5.74) is -1.46. The summed E-state index contributed by atoms with van der Waals surface area (Å²) >= 11 is 6.32. The van der Waals surface area contributed by atoms with Crippen molar-refractivity contribution in [3.05, 3.63) is 57.4 Å². The van der Waals surface area contributed by atoms with Crippen molar-refractivity contribution in [3.8, 4) is 0 Å². The molecule has 3 heterocycles. The van der Waals surface area contributed by atoms with E-state index in [1.807, 2.05) is 0 Å². The Morgan fingerprint density at radius 2 is 1.65 bits per heavy atom. The number of hydrogen-bond acceptors (Lipinski definition) is 6. The lowest BCUT2D eigenvalue weighted by Gasteiger charge is -2.22. The van der Waals surface area contributed by atoms with E-state index in [1.165, 1.54) is 4.90 Å². The molecule has 34 heavy (non-hydrogen) atoms. The Morgan fingerprint density at radius 1 is 1.00 bits per heavy atom. The minimum atomic E-state index is -4.97. The molecule has 0 amide bonds. The van der Waals surface area contributed by atoms with Crippen LogP contribution in [0.2, 0.25) is 5.15 Å². The third-order valence-corrected chi connectivity index (χ3v) is 5.35. The Balaban J connectivity index is 1.75. The molecule has 0 fully saturated rings. The van der Waals surface area contributed by atoms with Crippen LogP contribution in [-0.2, 0) is 32.5 Å². The van der Waals surface area contributed by atoms with Crippen LogP contribution in [0.15, 0.2) is 24.3 Å². The number of benzene rings is 1. The highest BCUT2D eigenvalue weighted by Crippen LogP contribution is 2.37. The van der Waals surface area contributed by atoms with Crippen LogP contribution < -0.4 is 4.90 Å². The van der Waals surface area contributed by atoms with Crippen LogP contribution in [-0.4, -0.2) is 35.4 Å². The monoisotopic (exact) mass is 504 g/mol. The van der Waals surface area contributed by atoms with Gasteiger partial charge in [-0.15, -0.1) is 5.10 Å². The summed E-state index contributed by atoms with van der Waals surface area (Å²) in [6, 6.07) is 3.07. The van der Waals surface area contributed by atoms with Gasteiger partial charge in [-0.2, -0.15) is 36.7 Å². The molecule has 15 heteroatoms. The normalized spacial score (nSPS) is 12.5. The van der Waals surface area contributed by atoms with E-state index in [1.54, 1.807) is 24.7 Å². The number of halogens is 7. The average molecular weight is 505 g/mol. The van der Waals surface area contributed by atoms with E-state index in [0.29, 0.717) is 34.4 Å². The lowest BCUT2D eigenvalue weighted by molar-refractivity contribution is -0.143. The zero-order chi connectivity index (χ0) is 24.8. The number of anilines is 1. The third-order valence-electron chi connectivity index (χ3n) is 5.02. The van der Waals surface area contributed by atoms with Crippen molar-refractivity contribution < 1.29 is 26.3 Å². The minimum Gasteiger partial charge on any atom is -0.329 e. The minimum absolute atomic E-state index is 0.0509. The van der Waals surface area contributed by atoms with Crippen LogP contribution >= 0.6 is 11.6 Å². The van der Waals surface area contributed by atoms with Gasteiger partial charge < -0.3 is 4.90 Å². The first-order valence-corrected chi connectivity index (χ1v) is 9.96. The molecule has 180 valence electrons. The number of pyridine rings is 1. The molecule has 0 aliphatic heterocycles. The molecule has 4 rings (SSSR count). The van der Waals surface area contributed by atoms with Crippen molar-refractivity contribution in [2.24, 2.45) is 7.05 Å². The molecule has 0 unspecified atom stereocenters. The SMILES string of the molecule is Cc1nn(C)c2nc(Cl)c(CN(Cc3cc(C(F)(F)F)cc(C(F)(F)F)c3)c3nn[nH]n3)cc12. The molecule has 0 bridgehead atoms. The van der Waals surface area contributed by atoms with Gasteiger partial charge in [0, 0.05) is 31.1 Å². The number of aromatic amines is 1. The second-order valence-electron chi connectivity index (χ2n) is 7.50. The molecule has 0 atom stereocenters. The van der Waals surface area contributed by atoms with Crippen molar-refractivity contribution in [1.82, 2.24) is 35.4 Å². The summed E-state index contributed by atoms with van der Waals surface area (Å²) in [6.45, 7) is 1.29. The molecule has 1 aromatic carbocycles. The van der Waals surface area contributed by atoms with Crippen LogP contribution in [0.5, 0.6) is 0 Å². The summed E-state index contributed by atoms with van der Waals surface area (Å²) < 4.78 is 81.2. The third kappa shape index (κ3) is 4.76. The summed E-state index contributed by atoms with van der Waals surface area (Å²) in [6.07, 6.45) is -9.94. The number of aromatic nitrogens is 7. The molecular weight excluding hydrogens is 490 g/mol. The van der Waals surface area contributed by atoms with Crippen LogP contribution in [0.25, 0.3) is 11.0 Å². The van der Waals surface area contributed by atoms with E-state index in [4.69, 9.17) is 11.6 Å². The van der Waals surface area contributed by atoms with Crippen molar-refractivity contribution in [2.45, 2.75) is 32.4 Å². The standard InChI is InChI=1S/C19H15ClF6N8/c1-9-14-5-11(15(20)27-16(14)33(2)30-9)8-34(17-28-31-32-29-17)7-10-3-12(18(21,22)23)6-13(4-10)19(24,25)26/h3-6H,7-8H2,1-2H3,(H,28,29,31,32). The lowest BCUT2D eigenvalue weighted by atomic mass is 10.0. The van der Waals surface area contributed by atoms with Crippen LogP contribution in [0.4, 0.5) is 32.3 Å². The molecular formula is C19H15ClF6N8. The van der Waals surface area contributed by atoms with Gasteiger partial charge in [0.15, 0.2) is 5.65 Å². The zero-order valence-electron chi connectivity index (χ0n) is 17.5. The Morgan fingerprint density at radius 3 is 2.21 bits per heavy atom. The van der Waals surface area contributed by atoms with Crippen molar-refractivity contribution in [2.75, 3.05) is 4.90 Å². The highest BCUT2D eigenvalue weighted by molar-refractivity contribution is 6.30. The predicted molar refractivity (Wildman–Crippen MR) is 109 cm³/mol. The molecule has 4 aromatic rings. The fourth-order valence-corrected chi connectivity index (χ4v) is 3.69. The van der Waals surface area contributed by atoms with Gasteiger partial charge in [0.05, 0.1) is 16.8 Å². The van der Waals surface area contributed by atoms with E-state index in [-0.39, 0.29) is 29.3 Å². The Bertz CT molecular complexity index is 1300. The van der Waals surface area contributed by atoms with Gasteiger partial charge in [0.25, 0.3) is 5.95 Å². The first kappa shape index (κ1) is 23.7. The molecule has 0 radical (unpaired) electrons. The maximum atomic E-state index is 13.3. The zero-order valence-corrected chi connectivity index (χ0v) is 18.3. The number of nitrogens with one attached hydrogen (secondary N) is 1. The predicted octanol–water partition coefficient (Wildman–Crippen LogP) is 4.69. The molecule has 0 spiro atoms. The highest BCUT2D eigenvalue weighted by Gasteiger charge is 2.37. The quantitative estimate of drug-likeness (QED) is 0.313. The fraction of sp³-hybridized carbons (Fsp3) is 0.316. The van der Waals surface area contributed by atoms with Gasteiger partial charge in [-0.1, -0.05) is 16.7 Å². The molecule has 1 N–H and O–H groups in total. The first-order valence-electron chi connectivity index (χ1n) is 9.58. The number of aryl methyl sites for hydroxylation is 2. The van der Waals surface area contributed by atoms with Crippen molar-refractivity contribution >= 4 is 28.6 Å². The van der Waals surface area contributed by atoms with Crippen LogP contribution in [0.1, 0.15) is 27.9 Å². The van der Waals surface area contributed by atoms with E-state index in [2.05, 4.69) is 30.7 Å². The number of alkyl halides is 6. The number of tetrazole rings is 1. The van der Waals surface area contributed by atoms with Crippen LogP contribution in [0, 0.1) is 6.92 Å². The number of rotatable bonds is 5. The Hall–Kier alpha value is -3.42. The van der Waals surface area contributed by atoms with Gasteiger partial charge >= 0.3 is 12.4 Å². The lowest BCUT2D eigenvalue weighted by Crippen LogP contribution is -2.24. The molecule has 8 nitrogen and oxygen atoms in total. The molecule has 0 aliphatic carbocycles. The van der Waals surface area contributed by atoms with Gasteiger partial charge in [0.1, 0.15) is 5.15 Å². The average Bonchev–Trinajstić information content (AvgIpc) is 3.35. The van der Waals surface area contributed by atoms with Crippen molar-refractivity contribution in [3.63, 3.8) is 0 Å². The smallest absolute Gasteiger partial charge is 0.329 e. The van der Waals surface area contributed by atoms with Gasteiger partial charge in [0.2, 0.25) is 0 Å². The second kappa shape index (κ2) is 8.42. The highest BCUT2D eigenvalue weighted by atomic mass is 35.5. The topological polar surface area (TPSA) is 88.4 Å². The Labute approximate surface area is 192 Å². The van der Waals surface area contributed by atoms with Gasteiger partial charge in [-0.25, -0.2) is 4.98 Å². The van der Waals surface area contributed by atoms with Gasteiger partial charge in [-0.05, 0) is 42.0 Å². The molecule has 0 aliphatic rings. The first-order chi connectivity index (χ1) is 15.8.